The summed E-state index contributed by atoms with van der Waals surface area (Å²) in [6.45, 7) is 1.87. The van der Waals surface area contributed by atoms with Crippen molar-refractivity contribution in [3.05, 3.63) is 60.4 Å². The van der Waals surface area contributed by atoms with Crippen molar-refractivity contribution in [1.82, 2.24) is 20.0 Å². The fourth-order valence-corrected chi connectivity index (χ4v) is 3.96. The van der Waals surface area contributed by atoms with Gasteiger partial charge in [0.05, 0.1) is 19.9 Å². The molecule has 1 saturated heterocycles. The van der Waals surface area contributed by atoms with Gasteiger partial charge < -0.3 is 19.7 Å². The zero-order chi connectivity index (χ0) is 23.2. The van der Waals surface area contributed by atoms with Crippen LogP contribution in [0.5, 0.6) is 11.5 Å². The molecule has 0 saturated carbocycles. The Hall–Kier alpha value is -3.81. The summed E-state index contributed by atoms with van der Waals surface area (Å²) in [5.41, 5.74) is 2.54. The molecule has 8 nitrogen and oxygen atoms in total. The maximum absolute atomic E-state index is 13.1. The van der Waals surface area contributed by atoms with E-state index in [1.54, 1.807) is 25.0 Å². The van der Waals surface area contributed by atoms with Gasteiger partial charge in [-0.25, -0.2) is 4.68 Å². The number of nitrogens with zero attached hydrogens (tertiary/aromatic N) is 3. The van der Waals surface area contributed by atoms with Gasteiger partial charge in [-0.1, -0.05) is 24.3 Å². The first kappa shape index (κ1) is 22.4. The number of carbonyl (C=O) groups is 2. The number of hydrogen-bond donors (Lipinski definition) is 1. The summed E-state index contributed by atoms with van der Waals surface area (Å²) in [6, 6.07) is 15.1. The number of nitrogens with one attached hydrogen (secondary N) is 1. The lowest BCUT2D eigenvalue weighted by Gasteiger charge is -2.15. The Bertz CT molecular complexity index is 1120. The summed E-state index contributed by atoms with van der Waals surface area (Å²) in [5, 5.41) is 7.43. The zero-order valence-electron chi connectivity index (χ0n) is 18.9. The first-order valence-corrected chi connectivity index (χ1v) is 11.0. The van der Waals surface area contributed by atoms with E-state index in [2.05, 4.69) is 10.4 Å². The lowest BCUT2D eigenvalue weighted by molar-refractivity contribution is -0.129. The first-order valence-electron chi connectivity index (χ1n) is 11.0. The van der Waals surface area contributed by atoms with Gasteiger partial charge in [-0.3, -0.25) is 9.59 Å². The van der Waals surface area contributed by atoms with Crippen LogP contribution < -0.4 is 14.8 Å². The third kappa shape index (κ3) is 5.00. The Morgan fingerprint density at radius 2 is 1.73 bits per heavy atom. The van der Waals surface area contributed by atoms with Crippen LogP contribution in [0.2, 0.25) is 0 Å². The second-order valence-corrected chi connectivity index (χ2v) is 7.84. The van der Waals surface area contributed by atoms with Gasteiger partial charge in [0.25, 0.3) is 5.91 Å². The summed E-state index contributed by atoms with van der Waals surface area (Å²) >= 11 is 0. The minimum atomic E-state index is -0.330. The van der Waals surface area contributed by atoms with Gasteiger partial charge in [0.15, 0.2) is 17.2 Å². The van der Waals surface area contributed by atoms with Crippen molar-refractivity contribution in [3.63, 3.8) is 0 Å². The lowest BCUT2D eigenvalue weighted by atomic mass is 10.1. The molecule has 4 rings (SSSR count). The van der Waals surface area contributed by atoms with Crippen molar-refractivity contribution in [2.45, 2.75) is 19.3 Å². The van der Waals surface area contributed by atoms with Crippen LogP contribution in [-0.2, 0) is 4.79 Å². The molecule has 0 unspecified atom stereocenters. The van der Waals surface area contributed by atoms with E-state index in [-0.39, 0.29) is 30.5 Å². The highest BCUT2D eigenvalue weighted by Crippen LogP contribution is 2.34. The molecule has 0 spiro atoms. The number of benzene rings is 2. The number of rotatable bonds is 8. The summed E-state index contributed by atoms with van der Waals surface area (Å²) in [6.07, 6.45) is 4.19. The van der Waals surface area contributed by atoms with Gasteiger partial charge in [-0.05, 0) is 42.7 Å². The summed E-state index contributed by atoms with van der Waals surface area (Å²) in [4.78, 5) is 27.2. The van der Waals surface area contributed by atoms with Crippen LogP contribution in [-0.4, -0.2) is 60.3 Å². The lowest BCUT2D eigenvalue weighted by Crippen LogP contribution is -2.33. The second-order valence-electron chi connectivity index (χ2n) is 7.84. The SMILES string of the molecule is COc1ccc(-c2cn(-c3ccccc3)nc2C(=O)NCCC(=O)N2CCCC2)cc1OC. The average molecular weight is 449 g/mol. The Kier molecular flexibility index (Phi) is 6.92. The number of amides is 2. The van der Waals surface area contributed by atoms with Crippen LogP contribution in [0.4, 0.5) is 0 Å². The third-order valence-corrected chi connectivity index (χ3v) is 5.73. The van der Waals surface area contributed by atoms with Crippen LogP contribution in [0.25, 0.3) is 16.8 Å². The number of methoxy groups -OCH3 is 2. The molecule has 2 heterocycles. The summed E-state index contributed by atoms with van der Waals surface area (Å²) < 4.78 is 12.4. The quantitative estimate of drug-likeness (QED) is 0.572. The number of aromatic nitrogens is 2. The van der Waals surface area contributed by atoms with E-state index >= 15 is 0 Å². The van der Waals surface area contributed by atoms with E-state index in [1.165, 1.54) is 0 Å². The smallest absolute Gasteiger partial charge is 0.272 e. The van der Waals surface area contributed by atoms with Gasteiger partial charge in [-0.2, -0.15) is 5.10 Å². The molecule has 8 heteroatoms. The largest absolute Gasteiger partial charge is 0.493 e. The van der Waals surface area contributed by atoms with Crippen molar-refractivity contribution < 1.29 is 19.1 Å². The topological polar surface area (TPSA) is 85.7 Å². The maximum Gasteiger partial charge on any atom is 0.272 e. The first-order chi connectivity index (χ1) is 16.1. The maximum atomic E-state index is 13.1. The predicted octanol–water partition coefficient (Wildman–Crippen LogP) is 3.30. The minimum Gasteiger partial charge on any atom is -0.493 e. The summed E-state index contributed by atoms with van der Waals surface area (Å²) in [7, 11) is 3.15. The molecule has 2 amide bonds. The Morgan fingerprint density at radius 3 is 2.42 bits per heavy atom. The van der Waals surface area contributed by atoms with Crippen molar-refractivity contribution in [2.75, 3.05) is 33.9 Å². The molecule has 0 atom stereocenters. The molecule has 0 bridgehead atoms. The molecule has 0 radical (unpaired) electrons. The molecule has 3 aromatic rings. The highest BCUT2D eigenvalue weighted by atomic mass is 16.5. The average Bonchev–Trinajstić information content (AvgIpc) is 3.55. The Labute approximate surface area is 193 Å². The summed E-state index contributed by atoms with van der Waals surface area (Å²) in [5.74, 6) is 0.902. The van der Waals surface area contributed by atoms with Gasteiger partial charge in [0.2, 0.25) is 5.91 Å². The van der Waals surface area contributed by atoms with Crippen molar-refractivity contribution >= 4 is 11.8 Å². The molecular weight excluding hydrogens is 420 g/mol. The molecule has 33 heavy (non-hydrogen) atoms. The van der Waals surface area contributed by atoms with Crippen LogP contribution >= 0.6 is 0 Å². The van der Waals surface area contributed by atoms with Crippen molar-refractivity contribution in [1.29, 1.82) is 0 Å². The van der Waals surface area contributed by atoms with Gasteiger partial charge in [0, 0.05) is 37.8 Å². The molecule has 1 aromatic heterocycles. The fourth-order valence-electron chi connectivity index (χ4n) is 3.96. The molecule has 1 aliphatic heterocycles. The number of likely N-dealkylation sites (tertiary alicyclic amines) is 1. The monoisotopic (exact) mass is 448 g/mol. The molecule has 1 aliphatic rings. The molecule has 2 aromatic carbocycles. The van der Waals surface area contributed by atoms with Crippen LogP contribution in [0.3, 0.4) is 0 Å². The zero-order valence-corrected chi connectivity index (χ0v) is 18.9. The molecule has 1 fully saturated rings. The van der Waals surface area contributed by atoms with Crippen molar-refractivity contribution in [3.8, 4) is 28.3 Å². The van der Waals surface area contributed by atoms with Crippen LogP contribution in [0.1, 0.15) is 29.8 Å². The second kappa shape index (κ2) is 10.2. The minimum absolute atomic E-state index is 0.0720. The fraction of sp³-hybridized carbons (Fsp3) is 0.320. The van der Waals surface area contributed by atoms with Crippen molar-refractivity contribution in [2.24, 2.45) is 0 Å². The van der Waals surface area contributed by atoms with E-state index < -0.39 is 0 Å². The normalized spacial score (nSPS) is 13.1. The van der Waals surface area contributed by atoms with Gasteiger partial charge >= 0.3 is 0 Å². The van der Waals surface area contributed by atoms with Crippen LogP contribution in [0.15, 0.2) is 54.7 Å². The molecule has 172 valence electrons. The predicted molar refractivity (Wildman–Crippen MR) is 125 cm³/mol. The van der Waals surface area contributed by atoms with E-state index in [0.29, 0.717) is 17.1 Å². The highest BCUT2D eigenvalue weighted by molar-refractivity contribution is 5.99. The van der Waals surface area contributed by atoms with Gasteiger partial charge in [-0.15, -0.1) is 0 Å². The van der Waals surface area contributed by atoms with Gasteiger partial charge in [0.1, 0.15) is 0 Å². The third-order valence-electron chi connectivity index (χ3n) is 5.73. The number of carbonyl (C=O) groups excluding carboxylic acids is 2. The van der Waals surface area contributed by atoms with E-state index in [1.807, 2.05) is 53.6 Å². The highest BCUT2D eigenvalue weighted by Gasteiger charge is 2.21. The number of ether oxygens (including phenoxy) is 2. The van der Waals surface area contributed by atoms with Crippen LogP contribution in [0, 0.1) is 0 Å². The molecular formula is C25H28N4O4. The standard InChI is InChI=1S/C25H28N4O4/c1-32-21-11-10-18(16-22(21)33-2)20-17-29(19-8-4-3-5-9-19)27-24(20)25(31)26-13-12-23(30)28-14-6-7-15-28/h3-5,8-11,16-17H,6-7,12-15H2,1-2H3,(H,26,31). The molecule has 1 N–H and O–H groups in total. The Balaban J connectivity index is 1.59. The van der Waals surface area contributed by atoms with E-state index in [9.17, 15) is 9.59 Å². The molecule has 0 aliphatic carbocycles. The van der Waals surface area contributed by atoms with E-state index in [0.717, 1.165) is 37.2 Å². The Morgan fingerprint density at radius 1 is 1.00 bits per heavy atom. The number of hydrogen-bond acceptors (Lipinski definition) is 5. The number of para-hydroxylation sites is 1. The van der Waals surface area contributed by atoms with E-state index in [4.69, 9.17) is 9.47 Å².